The Morgan fingerprint density at radius 1 is 1.25 bits per heavy atom. The molecule has 1 saturated heterocycles. The molecule has 0 atom stereocenters. The monoisotopic (exact) mass is 345 g/mol. The van der Waals surface area contributed by atoms with E-state index in [9.17, 15) is 4.79 Å². The van der Waals surface area contributed by atoms with Gasteiger partial charge in [0.05, 0.1) is 6.54 Å². The summed E-state index contributed by atoms with van der Waals surface area (Å²) in [6, 6.07) is 7.78. The summed E-state index contributed by atoms with van der Waals surface area (Å²) in [6.07, 6.45) is 0. The third-order valence-electron chi connectivity index (χ3n) is 4.10. The summed E-state index contributed by atoms with van der Waals surface area (Å²) in [5, 5.41) is 3.23. The minimum absolute atomic E-state index is 0.0567. The van der Waals surface area contributed by atoms with Crippen molar-refractivity contribution in [3.63, 3.8) is 0 Å². The van der Waals surface area contributed by atoms with Crippen LogP contribution in [-0.4, -0.2) is 53.5 Å². The largest absolute Gasteiger partial charge is 0.484 e. The molecule has 0 bridgehead atoms. The van der Waals surface area contributed by atoms with E-state index in [1.807, 2.05) is 43.0 Å². The summed E-state index contributed by atoms with van der Waals surface area (Å²) in [7, 11) is 0. The lowest BCUT2D eigenvalue weighted by Gasteiger charge is -2.34. The van der Waals surface area contributed by atoms with E-state index < -0.39 is 0 Å². The number of benzene rings is 1. The average Bonchev–Trinajstić information content (AvgIpc) is 2.98. The molecule has 128 valence electrons. The summed E-state index contributed by atoms with van der Waals surface area (Å²) in [6.45, 7) is 8.28. The van der Waals surface area contributed by atoms with Gasteiger partial charge in [0, 0.05) is 37.3 Å². The Bertz CT molecular complexity index is 693. The second-order valence-corrected chi connectivity index (χ2v) is 7.09. The van der Waals surface area contributed by atoms with Crippen molar-refractivity contribution < 1.29 is 9.53 Å². The Balaban J connectivity index is 1.43. The molecule has 5 nitrogen and oxygen atoms in total. The van der Waals surface area contributed by atoms with Crippen LogP contribution < -0.4 is 4.74 Å². The zero-order chi connectivity index (χ0) is 16.9. The highest BCUT2D eigenvalue weighted by Crippen LogP contribution is 2.14. The van der Waals surface area contributed by atoms with Crippen LogP contribution in [0.5, 0.6) is 5.75 Å². The zero-order valence-corrected chi connectivity index (χ0v) is 15.0. The number of aromatic nitrogens is 1. The van der Waals surface area contributed by atoms with Crippen LogP contribution in [0.25, 0.3) is 0 Å². The van der Waals surface area contributed by atoms with Crippen molar-refractivity contribution in [3.8, 4) is 5.75 Å². The number of hydrogen-bond acceptors (Lipinski definition) is 5. The van der Waals surface area contributed by atoms with E-state index in [-0.39, 0.29) is 12.5 Å². The van der Waals surface area contributed by atoms with Crippen molar-refractivity contribution in [1.29, 1.82) is 0 Å². The molecule has 0 spiro atoms. The van der Waals surface area contributed by atoms with Crippen LogP contribution in [0.15, 0.2) is 29.6 Å². The highest BCUT2D eigenvalue weighted by atomic mass is 32.1. The minimum atomic E-state index is 0.0567. The summed E-state index contributed by atoms with van der Waals surface area (Å²) < 4.78 is 5.61. The number of thiazole rings is 1. The molecular weight excluding hydrogens is 322 g/mol. The standard InChI is InChI=1S/C18H23N3O2S/c1-14-4-3-5-16(10-14)23-12-18(22)21-8-6-20(7-9-21)11-17-19-15(2)13-24-17/h3-5,10,13H,6-9,11-12H2,1-2H3. The normalized spacial score (nSPS) is 15.5. The molecule has 1 aliphatic rings. The van der Waals surface area contributed by atoms with Crippen molar-refractivity contribution in [2.45, 2.75) is 20.4 Å². The van der Waals surface area contributed by atoms with Crippen LogP contribution in [0.1, 0.15) is 16.3 Å². The van der Waals surface area contributed by atoms with E-state index in [1.54, 1.807) is 11.3 Å². The first kappa shape index (κ1) is 16.9. The van der Waals surface area contributed by atoms with Gasteiger partial charge in [0.1, 0.15) is 10.8 Å². The van der Waals surface area contributed by atoms with Crippen LogP contribution in [0, 0.1) is 13.8 Å². The van der Waals surface area contributed by atoms with E-state index in [0.29, 0.717) is 0 Å². The molecule has 2 aromatic rings. The molecule has 0 N–H and O–H groups in total. The van der Waals surface area contributed by atoms with Crippen molar-refractivity contribution in [2.75, 3.05) is 32.8 Å². The van der Waals surface area contributed by atoms with Gasteiger partial charge in [-0.05, 0) is 31.5 Å². The Labute approximate surface area is 146 Å². The van der Waals surface area contributed by atoms with E-state index in [2.05, 4.69) is 15.3 Å². The molecule has 1 aromatic carbocycles. The van der Waals surface area contributed by atoms with E-state index in [1.165, 1.54) is 0 Å². The highest BCUT2D eigenvalue weighted by Gasteiger charge is 2.22. The maximum Gasteiger partial charge on any atom is 0.260 e. The van der Waals surface area contributed by atoms with Crippen LogP contribution in [-0.2, 0) is 11.3 Å². The smallest absolute Gasteiger partial charge is 0.260 e. The van der Waals surface area contributed by atoms with Crippen molar-refractivity contribution in [3.05, 3.63) is 45.9 Å². The minimum Gasteiger partial charge on any atom is -0.484 e. The second kappa shape index (κ2) is 7.77. The first-order valence-electron chi connectivity index (χ1n) is 8.21. The fraction of sp³-hybridized carbons (Fsp3) is 0.444. The summed E-state index contributed by atoms with van der Waals surface area (Å²) in [5.74, 6) is 0.808. The topological polar surface area (TPSA) is 45.7 Å². The van der Waals surface area contributed by atoms with Crippen molar-refractivity contribution in [2.24, 2.45) is 0 Å². The SMILES string of the molecule is Cc1cccc(OCC(=O)N2CCN(Cc3nc(C)cs3)CC2)c1. The number of hydrogen-bond donors (Lipinski definition) is 0. The van der Waals surface area contributed by atoms with Gasteiger partial charge in [0.2, 0.25) is 0 Å². The molecule has 2 heterocycles. The third-order valence-corrected chi connectivity index (χ3v) is 5.05. The fourth-order valence-corrected chi connectivity index (χ4v) is 3.58. The van der Waals surface area contributed by atoms with Gasteiger partial charge in [0.15, 0.2) is 6.61 Å². The molecule has 24 heavy (non-hydrogen) atoms. The molecule has 0 saturated carbocycles. The van der Waals surface area contributed by atoms with Gasteiger partial charge in [-0.2, -0.15) is 0 Å². The molecular formula is C18H23N3O2S. The van der Waals surface area contributed by atoms with Crippen LogP contribution in [0.2, 0.25) is 0 Å². The molecule has 0 radical (unpaired) electrons. The maximum absolute atomic E-state index is 12.3. The molecule has 6 heteroatoms. The predicted octanol–water partition coefficient (Wildman–Crippen LogP) is 2.48. The summed E-state index contributed by atoms with van der Waals surface area (Å²) in [5.41, 5.74) is 2.21. The molecule has 3 rings (SSSR count). The Morgan fingerprint density at radius 3 is 2.71 bits per heavy atom. The molecule has 1 amide bonds. The van der Waals surface area contributed by atoms with Gasteiger partial charge in [-0.1, -0.05) is 12.1 Å². The predicted molar refractivity (Wildman–Crippen MR) is 95.4 cm³/mol. The second-order valence-electron chi connectivity index (χ2n) is 6.14. The molecule has 0 unspecified atom stereocenters. The quantitative estimate of drug-likeness (QED) is 0.835. The Kier molecular flexibility index (Phi) is 5.48. The van der Waals surface area contributed by atoms with Crippen LogP contribution in [0.4, 0.5) is 0 Å². The molecule has 1 aliphatic heterocycles. The van der Waals surface area contributed by atoms with Crippen LogP contribution in [0.3, 0.4) is 0 Å². The molecule has 1 aromatic heterocycles. The van der Waals surface area contributed by atoms with Gasteiger partial charge in [-0.15, -0.1) is 11.3 Å². The Hall–Kier alpha value is -1.92. The van der Waals surface area contributed by atoms with Gasteiger partial charge in [-0.25, -0.2) is 4.98 Å². The number of nitrogens with zero attached hydrogens (tertiary/aromatic N) is 3. The third kappa shape index (κ3) is 4.55. The van der Waals surface area contributed by atoms with Gasteiger partial charge >= 0.3 is 0 Å². The lowest BCUT2D eigenvalue weighted by Crippen LogP contribution is -2.49. The van der Waals surface area contributed by atoms with Gasteiger partial charge in [0.25, 0.3) is 5.91 Å². The number of rotatable bonds is 5. The molecule has 0 aliphatic carbocycles. The number of carbonyl (C=O) groups is 1. The number of carbonyl (C=O) groups excluding carboxylic acids is 1. The Morgan fingerprint density at radius 2 is 2.04 bits per heavy atom. The van der Waals surface area contributed by atoms with E-state index in [4.69, 9.17) is 4.74 Å². The number of piperazine rings is 1. The van der Waals surface area contributed by atoms with Crippen LogP contribution >= 0.6 is 11.3 Å². The molecule has 1 fully saturated rings. The van der Waals surface area contributed by atoms with Gasteiger partial charge < -0.3 is 9.64 Å². The van der Waals surface area contributed by atoms with Crippen molar-refractivity contribution >= 4 is 17.2 Å². The first-order chi connectivity index (χ1) is 11.6. The number of aryl methyl sites for hydroxylation is 2. The first-order valence-corrected chi connectivity index (χ1v) is 9.09. The zero-order valence-electron chi connectivity index (χ0n) is 14.2. The summed E-state index contributed by atoms with van der Waals surface area (Å²) in [4.78, 5) is 21.0. The van der Waals surface area contributed by atoms with E-state index in [0.717, 1.165) is 54.7 Å². The lowest BCUT2D eigenvalue weighted by atomic mass is 10.2. The van der Waals surface area contributed by atoms with Gasteiger partial charge in [-0.3, -0.25) is 9.69 Å². The van der Waals surface area contributed by atoms with Crippen molar-refractivity contribution in [1.82, 2.24) is 14.8 Å². The summed E-state index contributed by atoms with van der Waals surface area (Å²) >= 11 is 1.70. The number of amides is 1. The lowest BCUT2D eigenvalue weighted by molar-refractivity contribution is -0.135. The fourth-order valence-electron chi connectivity index (χ4n) is 2.76. The highest BCUT2D eigenvalue weighted by molar-refractivity contribution is 7.09. The van der Waals surface area contributed by atoms with E-state index >= 15 is 0 Å². The average molecular weight is 345 g/mol. The maximum atomic E-state index is 12.3. The number of ether oxygens (including phenoxy) is 1.